The van der Waals surface area contributed by atoms with Gasteiger partial charge in [-0.2, -0.15) is 0 Å². The molecule has 136 valence electrons. The average Bonchev–Trinajstić information content (AvgIpc) is 2.58. The number of hydrogen-bond acceptors (Lipinski definition) is 5. The summed E-state index contributed by atoms with van der Waals surface area (Å²) in [5, 5.41) is 6.68. The van der Waals surface area contributed by atoms with Crippen LogP contribution in [-0.2, 0) is 14.2 Å². The molecule has 0 saturated carbocycles. The van der Waals surface area contributed by atoms with Gasteiger partial charge in [-0.25, -0.2) is 0 Å². The van der Waals surface area contributed by atoms with Crippen LogP contribution < -0.4 is 10.6 Å². The summed E-state index contributed by atoms with van der Waals surface area (Å²) in [7, 11) is 1.69. The van der Waals surface area contributed by atoms with Gasteiger partial charge in [-0.1, -0.05) is 0 Å². The maximum atomic E-state index is 5.44. The molecule has 1 heterocycles. The Balaban J connectivity index is 2.07. The maximum Gasteiger partial charge on any atom is 0.191 e. The van der Waals surface area contributed by atoms with Crippen LogP contribution in [0.5, 0.6) is 0 Å². The average molecular weight is 330 g/mol. The lowest BCUT2D eigenvalue weighted by molar-refractivity contribution is 0.0389. The summed E-state index contributed by atoms with van der Waals surface area (Å²) in [5.41, 5.74) is 0. The molecular formula is C16H34N4O3. The van der Waals surface area contributed by atoms with E-state index in [1.165, 1.54) is 0 Å². The van der Waals surface area contributed by atoms with Crippen LogP contribution in [0.15, 0.2) is 4.99 Å². The second kappa shape index (κ2) is 14.7. The van der Waals surface area contributed by atoms with Crippen LogP contribution in [0.1, 0.15) is 19.8 Å². The van der Waals surface area contributed by atoms with E-state index in [1.54, 1.807) is 7.11 Å². The molecule has 23 heavy (non-hydrogen) atoms. The van der Waals surface area contributed by atoms with Crippen molar-refractivity contribution in [2.75, 3.05) is 79.4 Å². The number of aliphatic imine (C=N–C) groups is 1. The van der Waals surface area contributed by atoms with Crippen molar-refractivity contribution in [3.63, 3.8) is 0 Å². The van der Waals surface area contributed by atoms with Crippen LogP contribution >= 0.6 is 0 Å². The summed E-state index contributed by atoms with van der Waals surface area (Å²) >= 11 is 0. The Kier molecular flexibility index (Phi) is 12.9. The van der Waals surface area contributed by atoms with Crippen molar-refractivity contribution in [2.24, 2.45) is 4.99 Å². The minimum Gasteiger partial charge on any atom is -0.382 e. The largest absolute Gasteiger partial charge is 0.382 e. The molecular weight excluding hydrogens is 296 g/mol. The quantitative estimate of drug-likeness (QED) is 0.305. The molecule has 0 amide bonds. The minimum atomic E-state index is 0.662. The van der Waals surface area contributed by atoms with Crippen molar-refractivity contribution >= 4 is 5.96 Å². The first-order chi connectivity index (χ1) is 11.4. The standard InChI is InChI=1S/C16H34N4O3/c1-3-17-16(18-6-4-5-11-22-15-14-21-2)19-7-8-20-9-12-23-13-10-20/h3-15H2,1-2H3,(H2,17,18,19). The molecule has 0 aromatic heterocycles. The monoisotopic (exact) mass is 330 g/mol. The number of rotatable bonds is 12. The van der Waals surface area contributed by atoms with Gasteiger partial charge in [0.2, 0.25) is 0 Å². The van der Waals surface area contributed by atoms with Gasteiger partial charge in [-0.15, -0.1) is 0 Å². The zero-order valence-corrected chi connectivity index (χ0v) is 14.8. The molecule has 0 aliphatic carbocycles. The number of ether oxygens (including phenoxy) is 3. The fraction of sp³-hybridized carbons (Fsp3) is 0.938. The normalized spacial score (nSPS) is 16.5. The van der Waals surface area contributed by atoms with E-state index < -0.39 is 0 Å². The third-order valence-electron chi connectivity index (χ3n) is 3.57. The van der Waals surface area contributed by atoms with Gasteiger partial charge in [-0.3, -0.25) is 9.89 Å². The Morgan fingerprint density at radius 2 is 1.96 bits per heavy atom. The van der Waals surface area contributed by atoms with Gasteiger partial charge < -0.3 is 24.8 Å². The van der Waals surface area contributed by atoms with Crippen molar-refractivity contribution in [1.29, 1.82) is 0 Å². The van der Waals surface area contributed by atoms with Crippen molar-refractivity contribution in [3.05, 3.63) is 0 Å². The van der Waals surface area contributed by atoms with Gasteiger partial charge in [0.15, 0.2) is 5.96 Å². The molecule has 1 saturated heterocycles. The Hall–Kier alpha value is -0.890. The Morgan fingerprint density at radius 1 is 1.13 bits per heavy atom. The highest BCUT2D eigenvalue weighted by Crippen LogP contribution is 1.95. The first-order valence-electron chi connectivity index (χ1n) is 8.75. The summed E-state index contributed by atoms with van der Waals surface area (Å²) < 4.78 is 15.7. The highest BCUT2D eigenvalue weighted by atomic mass is 16.5. The SMILES string of the molecule is CCNC(=NCCCCOCCOC)NCCN1CCOCC1. The third-order valence-corrected chi connectivity index (χ3v) is 3.57. The molecule has 1 aliphatic rings. The second-order valence-electron chi connectivity index (χ2n) is 5.45. The fourth-order valence-electron chi connectivity index (χ4n) is 2.25. The second-order valence-corrected chi connectivity index (χ2v) is 5.45. The van der Waals surface area contributed by atoms with Gasteiger partial charge in [-0.05, 0) is 19.8 Å². The number of hydrogen-bond donors (Lipinski definition) is 2. The number of guanidine groups is 1. The van der Waals surface area contributed by atoms with Gasteiger partial charge >= 0.3 is 0 Å². The molecule has 1 fully saturated rings. The number of nitrogens with zero attached hydrogens (tertiary/aromatic N) is 2. The Labute approximate surface area is 140 Å². The number of unbranched alkanes of at least 4 members (excludes halogenated alkanes) is 1. The van der Waals surface area contributed by atoms with Crippen molar-refractivity contribution < 1.29 is 14.2 Å². The lowest BCUT2D eigenvalue weighted by atomic mass is 10.3. The molecule has 1 aliphatic heterocycles. The van der Waals surface area contributed by atoms with Crippen LogP contribution in [0, 0.1) is 0 Å². The topological polar surface area (TPSA) is 67.4 Å². The van der Waals surface area contributed by atoms with Gasteiger partial charge in [0.25, 0.3) is 0 Å². The molecule has 1 rings (SSSR count). The molecule has 0 unspecified atom stereocenters. The van der Waals surface area contributed by atoms with E-state index in [0.717, 1.165) is 77.9 Å². The number of morpholine rings is 1. The van der Waals surface area contributed by atoms with Gasteiger partial charge in [0.1, 0.15) is 0 Å². The summed E-state index contributed by atoms with van der Waals surface area (Å²) in [6.45, 7) is 11.6. The Bertz CT molecular complexity index is 297. The van der Waals surface area contributed by atoms with Crippen molar-refractivity contribution in [1.82, 2.24) is 15.5 Å². The lowest BCUT2D eigenvalue weighted by Crippen LogP contribution is -2.44. The number of methoxy groups -OCH3 is 1. The predicted octanol–water partition coefficient (Wildman–Crippen LogP) is 0.317. The predicted molar refractivity (Wildman–Crippen MR) is 93.2 cm³/mol. The van der Waals surface area contributed by atoms with E-state index in [1.807, 2.05) is 0 Å². The Morgan fingerprint density at radius 3 is 2.70 bits per heavy atom. The van der Waals surface area contributed by atoms with E-state index in [9.17, 15) is 0 Å². The summed E-state index contributed by atoms with van der Waals surface area (Å²) in [4.78, 5) is 7.02. The molecule has 7 heteroatoms. The number of nitrogens with one attached hydrogen (secondary N) is 2. The van der Waals surface area contributed by atoms with E-state index in [-0.39, 0.29) is 0 Å². The zero-order chi connectivity index (χ0) is 16.6. The van der Waals surface area contributed by atoms with E-state index in [0.29, 0.717) is 13.2 Å². The van der Waals surface area contributed by atoms with Crippen LogP contribution in [-0.4, -0.2) is 90.3 Å². The highest BCUT2D eigenvalue weighted by molar-refractivity contribution is 5.79. The molecule has 0 aromatic rings. The maximum absolute atomic E-state index is 5.44. The van der Waals surface area contributed by atoms with E-state index in [2.05, 4.69) is 27.4 Å². The lowest BCUT2D eigenvalue weighted by Gasteiger charge is -2.26. The molecule has 7 nitrogen and oxygen atoms in total. The summed E-state index contributed by atoms with van der Waals surface area (Å²) in [6.07, 6.45) is 2.06. The van der Waals surface area contributed by atoms with Crippen LogP contribution in [0.2, 0.25) is 0 Å². The van der Waals surface area contributed by atoms with Crippen LogP contribution in [0.25, 0.3) is 0 Å². The third kappa shape index (κ3) is 11.3. The first-order valence-corrected chi connectivity index (χ1v) is 8.75. The van der Waals surface area contributed by atoms with Crippen LogP contribution in [0.3, 0.4) is 0 Å². The minimum absolute atomic E-state index is 0.662. The van der Waals surface area contributed by atoms with E-state index >= 15 is 0 Å². The van der Waals surface area contributed by atoms with Crippen molar-refractivity contribution in [2.45, 2.75) is 19.8 Å². The molecule has 2 N–H and O–H groups in total. The smallest absolute Gasteiger partial charge is 0.191 e. The molecule has 0 radical (unpaired) electrons. The van der Waals surface area contributed by atoms with E-state index in [4.69, 9.17) is 14.2 Å². The van der Waals surface area contributed by atoms with Gasteiger partial charge in [0.05, 0.1) is 26.4 Å². The summed E-state index contributed by atoms with van der Waals surface area (Å²) in [6, 6.07) is 0. The van der Waals surface area contributed by atoms with Crippen LogP contribution in [0.4, 0.5) is 0 Å². The molecule has 0 spiro atoms. The van der Waals surface area contributed by atoms with Gasteiger partial charge in [0, 0.05) is 53.0 Å². The summed E-state index contributed by atoms with van der Waals surface area (Å²) in [5.74, 6) is 0.904. The molecule has 0 atom stereocenters. The first kappa shape index (κ1) is 20.2. The highest BCUT2D eigenvalue weighted by Gasteiger charge is 2.09. The van der Waals surface area contributed by atoms with Crippen molar-refractivity contribution in [3.8, 4) is 0 Å². The molecule has 0 aromatic carbocycles. The fourth-order valence-corrected chi connectivity index (χ4v) is 2.25. The molecule has 0 bridgehead atoms. The zero-order valence-electron chi connectivity index (χ0n) is 14.8.